The Morgan fingerprint density at radius 2 is 2.00 bits per heavy atom. The van der Waals surface area contributed by atoms with Gasteiger partial charge >= 0.3 is 0 Å². The smallest absolute Gasteiger partial charge is 0.220 e. The van der Waals surface area contributed by atoms with Crippen LogP contribution in [-0.4, -0.2) is 12.5 Å². The Labute approximate surface area is 85.3 Å². The molecule has 0 fully saturated rings. The molecule has 0 spiro atoms. The third kappa shape index (κ3) is 4.08. The molecule has 1 rings (SSSR count). The van der Waals surface area contributed by atoms with Gasteiger partial charge in [0.1, 0.15) is 0 Å². The van der Waals surface area contributed by atoms with Crippen LogP contribution in [0.3, 0.4) is 0 Å². The first-order valence-corrected chi connectivity index (χ1v) is 5.13. The highest BCUT2D eigenvalue weighted by Crippen LogP contribution is 2.01. The van der Waals surface area contributed by atoms with E-state index < -0.39 is 0 Å². The van der Waals surface area contributed by atoms with Crippen molar-refractivity contribution in [3.8, 4) is 0 Å². The van der Waals surface area contributed by atoms with Gasteiger partial charge in [-0.2, -0.15) is 0 Å². The maximum Gasteiger partial charge on any atom is 0.220 e. The van der Waals surface area contributed by atoms with Crippen LogP contribution in [0.25, 0.3) is 0 Å². The Balaban J connectivity index is 2.24. The predicted molar refractivity (Wildman–Crippen MR) is 58.1 cm³/mol. The molecule has 76 valence electrons. The normalized spacial score (nSPS) is 9.79. The molecule has 0 saturated heterocycles. The van der Waals surface area contributed by atoms with Gasteiger partial charge < -0.3 is 5.32 Å². The lowest BCUT2D eigenvalue weighted by Gasteiger charge is -2.03. The van der Waals surface area contributed by atoms with Gasteiger partial charge in [0.15, 0.2) is 0 Å². The summed E-state index contributed by atoms with van der Waals surface area (Å²) in [6.45, 7) is 2.84. The Bertz CT molecular complexity index is 269. The number of hydrogen-bond donors (Lipinski definition) is 1. The van der Waals surface area contributed by atoms with E-state index in [1.165, 1.54) is 5.56 Å². The fourth-order valence-corrected chi connectivity index (χ4v) is 1.26. The molecule has 0 aliphatic heterocycles. The summed E-state index contributed by atoms with van der Waals surface area (Å²) in [5.74, 6) is 0.149. The molecule has 0 bridgehead atoms. The average molecular weight is 191 g/mol. The van der Waals surface area contributed by atoms with Gasteiger partial charge in [-0.05, 0) is 18.4 Å². The number of carbonyl (C=O) groups is 1. The molecule has 0 aliphatic carbocycles. The summed E-state index contributed by atoms with van der Waals surface area (Å²) in [6.07, 6.45) is 2.41. The number of carbonyl (C=O) groups excluding carboxylic acids is 1. The quantitative estimate of drug-likeness (QED) is 0.759. The fourth-order valence-electron chi connectivity index (χ4n) is 1.26. The van der Waals surface area contributed by atoms with Crippen molar-refractivity contribution in [3.63, 3.8) is 0 Å². The van der Waals surface area contributed by atoms with Crippen molar-refractivity contribution >= 4 is 5.91 Å². The van der Waals surface area contributed by atoms with Crippen LogP contribution in [0.1, 0.15) is 25.3 Å². The minimum absolute atomic E-state index is 0.149. The molecule has 0 aromatic heterocycles. The maximum absolute atomic E-state index is 11.3. The van der Waals surface area contributed by atoms with E-state index in [-0.39, 0.29) is 5.91 Å². The topological polar surface area (TPSA) is 29.1 Å². The van der Waals surface area contributed by atoms with Crippen LogP contribution >= 0.6 is 0 Å². The van der Waals surface area contributed by atoms with E-state index >= 15 is 0 Å². The molecule has 1 aromatic rings. The molecule has 0 atom stereocenters. The summed E-state index contributed by atoms with van der Waals surface area (Å²) < 4.78 is 0. The lowest BCUT2D eigenvalue weighted by atomic mass is 10.1. The molecule has 0 saturated carbocycles. The number of rotatable bonds is 5. The zero-order valence-electron chi connectivity index (χ0n) is 8.62. The standard InChI is InChI=1S/C12H17NO/c1-2-10-13-12(14)9-8-11-6-4-3-5-7-11/h3-7H,2,8-10H2,1H3,(H,13,14). The van der Waals surface area contributed by atoms with Crippen molar-refractivity contribution in [1.82, 2.24) is 5.32 Å². The van der Waals surface area contributed by atoms with E-state index in [0.29, 0.717) is 6.42 Å². The SMILES string of the molecule is CCCNC(=O)CCc1ccccc1. The minimum Gasteiger partial charge on any atom is -0.356 e. The van der Waals surface area contributed by atoms with Gasteiger partial charge in [-0.3, -0.25) is 4.79 Å². The van der Waals surface area contributed by atoms with Crippen LogP contribution in [0.15, 0.2) is 30.3 Å². The van der Waals surface area contributed by atoms with Crippen molar-refractivity contribution in [3.05, 3.63) is 35.9 Å². The average Bonchev–Trinajstić information content (AvgIpc) is 2.25. The molecule has 1 amide bonds. The van der Waals surface area contributed by atoms with E-state index in [9.17, 15) is 4.79 Å². The van der Waals surface area contributed by atoms with Crippen LogP contribution < -0.4 is 5.32 Å². The van der Waals surface area contributed by atoms with Crippen molar-refractivity contribution in [1.29, 1.82) is 0 Å². The van der Waals surface area contributed by atoms with Gasteiger partial charge in [0.05, 0.1) is 0 Å². The lowest BCUT2D eigenvalue weighted by Crippen LogP contribution is -2.24. The molecular formula is C12H17NO. The zero-order chi connectivity index (χ0) is 10.2. The third-order valence-corrected chi connectivity index (χ3v) is 2.06. The van der Waals surface area contributed by atoms with E-state index in [0.717, 1.165) is 19.4 Å². The number of hydrogen-bond acceptors (Lipinski definition) is 1. The Morgan fingerprint density at radius 1 is 1.29 bits per heavy atom. The Morgan fingerprint density at radius 3 is 2.64 bits per heavy atom. The van der Waals surface area contributed by atoms with Gasteiger partial charge in [-0.15, -0.1) is 0 Å². The first-order chi connectivity index (χ1) is 6.83. The van der Waals surface area contributed by atoms with Gasteiger partial charge in [0.25, 0.3) is 0 Å². The molecule has 2 heteroatoms. The van der Waals surface area contributed by atoms with E-state index in [4.69, 9.17) is 0 Å². The first kappa shape index (κ1) is 10.8. The molecule has 0 radical (unpaired) electrons. The molecule has 0 heterocycles. The van der Waals surface area contributed by atoms with Crippen molar-refractivity contribution < 1.29 is 4.79 Å². The van der Waals surface area contributed by atoms with Crippen LogP contribution in [0.2, 0.25) is 0 Å². The van der Waals surface area contributed by atoms with Crippen LogP contribution in [0.5, 0.6) is 0 Å². The summed E-state index contributed by atoms with van der Waals surface area (Å²) in [5.41, 5.74) is 1.22. The lowest BCUT2D eigenvalue weighted by molar-refractivity contribution is -0.121. The van der Waals surface area contributed by atoms with Crippen molar-refractivity contribution in [2.24, 2.45) is 0 Å². The van der Waals surface area contributed by atoms with E-state index in [1.807, 2.05) is 30.3 Å². The second-order valence-corrected chi connectivity index (χ2v) is 3.34. The molecule has 1 aromatic carbocycles. The zero-order valence-corrected chi connectivity index (χ0v) is 8.62. The van der Waals surface area contributed by atoms with Crippen LogP contribution in [-0.2, 0) is 11.2 Å². The summed E-state index contributed by atoms with van der Waals surface area (Å²) >= 11 is 0. The number of amides is 1. The Hall–Kier alpha value is -1.31. The number of nitrogens with one attached hydrogen (secondary N) is 1. The van der Waals surface area contributed by atoms with Crippen LogP contribution in [0, 0.1) is 0 Å². The molecule has 1 N–H and O–H groups in total. The van der Waals surface area contributed by atoms with E-state index in [1.54, 1.807) is 0 Å². The second-order valence-electron chi connectivity index (χ2n) is 3.34. The fraction of sp³-hybridized carbons (Fsp3) is 0.417. The largest absolute Gasteiger partial charge is 0.356 e. The minimum atomic E-state index is 0.149. The first-order valence-electron chi connectivity index (χ1n) is 5.13. The van der Waals surface area contributed by atoms with E-state index in [2.05, 4.69) is 12.2 Å². The highest BCUT2D eigenvalue weighted by atomic mass is 16.1. The summed E-state index contributed by atoms with van der Waals surface area (Å²) in [4.78, 5) is 11.3. The maximum atomic E-state index is 11.3. The van der Waals surface area contributed by atoms with Gasteiger partial charge in [-0.1, -0.05) is 37.3 Å². The molecule has 0 unspecified atom stereocenters. The highest BCUT2D eigenvalue weighted by molar-refractivity contribution is 5.76. The van der Waals surface area contributed by atoms with Crippen molar-refractivity contribution in [2.75, 3.05) is 6.54 Å². The molecule has 0 aliphatic rings. The second kappa shape index (κ2) is 6.19. The molecule has 14 heavy (non-hydrogen) atoms. The summed E-state index contributed by atoms with van der Waals surface area (Å²) in [5, 5.41) is 2.86. The van der Waals surface area contributed by atoms with Gasteiger partial charge in [0.2, 0.25) is 5.91 Å². The van der Waals surface area contributed by atoms with Crippen molar-refractivity contribution in [2.45, 2.75) is 26.2 Å². The number of benzene rings is 1. The number of aryl methyl sites for hydroxylation is 1. The van der Waals surface area contributed by atoms with Gasteiger partial charge in [-0.25, -0.2) is 0 Å². The van der Waals surface area contributed by atoms with Gasteiger partial charge in [0, 0.05) is 13.0 Å². The third-order valence-electron chi connectivity index (χ3n) is 2.06. The Kier molecular flexibility index (Phi) is 4.76. The molecule has 2 nitrogen and oxygen atoms in total. The molecular weight excluding hydrogens is 174 g/mol. The monoisotopic (exact) mass is 191 g/mol. The summed E-state index contributed by atoms with van der Waals surface area (Å²) in [6, 6.07) is 10.1. The van der Waals surface area contributed by atoms with Crippen LogP contribution in [0.4, 0.5) is 0 Å². The predicted octanol–water partition coefficient (Wildman–Crippen LogP) is 2.15. The summed E-state index contributed by atoms with van der Waals surface area (Å²) in [7, 11) is 0. The highest BCUT2D eigenvalue weighted by Gasteiger charge is 1.99.